The fraction of sp³-hybridized carbons (Fsp3) is 0.750. The summed E-state index contributed by atoms with van der Waals surface area (Å²) in [6, 6.07) is 0. The number of hydrogen-bond donors (Lipinski definition) is 2. The Morgan fingerprint density at radius 2 is 2.22 bits per heavy atom. The summed E-state index contributed by atoms with van der Waals surface area (Å²) in [5.74, 6) is -2.97. The number of amides is 1. The first-order valence-electron chi connectivity index (χ1n) is 2.37. The van der Waals surface area contributed by atoms with Crippen molar-refractivity contribution in [1.82, 2.24) is 5.32 Å². The maximum Gasteiger partial charge on any atom is 0.276 e. The third-order valence-electron chi connectivity index (χ3n) is 0.743. The molecule has 1 amide bonds. The predicted octanol–water partition coefficient (Wildman–Crippen LogP) is -0.674. The largest absolute Gasteiger partial charge is 0.353 e. The highest BCUT2D eigenvalue weighted by molar-refractivity contribution is 5.45. The second kappa shape index (κ2) is 3.34. The Kier molecular flexibility index (Phi) is 3.08. The van der Waals surface area contributed by atoms with Crippen LogP contribution in [0.4, 0.5) is 8.78 Å². The van der Waals surface area contributed by atoms with Gasteiger partial charge in [0, 0.05) is 0 Å². The summed E-state index contributed by atoms with van der Waals surface area (Å²) in [6.07, 6.45) is 0.212. The average molecular weight is 138 g/mol. The molecule has 3 N–H and O–H groups in total. The number of rotatable bonds is 4. The third-order valence-corrected chi connectivity index (χ3v) is 0.743. The number of halogens is 2. The smallest absolute Gasteiger partial charge is 0.276 e. The lowest BCUT2D eigenvalue weighted by atomic mass is 10.3. The minimum Gasteiger partial charge on any atom is -0.353 e. The lowest BCUT2D eigenvalue weighted by Gasteiger charge is -2.11. The summed E-state index contributed by atoms with van der Waals surface area (Å²) in [5.41, 5.74) is 4.64. The second-order valence-electron chi connectivity index (χ2n) is 1.56. The van der Waals surface area contributed by atoms with Crippen LogP contribution < -0.4 is 11.1 Å². The molecule has 0 unspecified atom stereocenters. The van der Waals surface area contributed by atoms with Crippen LogP contribution in [0.25, 0.3) is 0 Å². The van der Waals surface area contributed by atoms with Gasteiger partial charge in [-0.15, -0.1) is 0 Å². The molecular formula is C4H8F2N2O. The van der Waals surface area contributed by atoms with E-state index >= 15 is 0 Å². The van der Waals surface area contributed by atoms with Gasteiger partial charge in [-0.3, -0.25) is 4.79 Å². The van der Waals surface area contributed by atoms with Crippen LogP contribution in [0, 0.1) is 0 Å². The van der Waals surface area contributed by atoms with Gasteiger partial charge in [-0.25, -0.2) is 8.78 Å². The molecule has 0 aliphatic carbocycles. The molecule has 5 heteroatoms. The molecule has 0 bridgehead atoms. The van der Waals surface area contributed by atoms with Crippen molar-refractivity contribution in [3.05, 3.63) is 0 Å². The van der Waals surface area contributed by atoms with Crippen LogP contribution >= 0.6 is 0 Å². The Labute approximate surface area is 51.2 Å². The van der Waals surface area contributed by atoms with E-state index in [-0.39, 0.29) is 6.41 Å². The molecule has 0 saturated heterocycles. The van der Waals surface area contributed by atoms with E-state index in [1.807, 2.05) is 5.32 Å². The highest BCUT2D eigenvalue weighted by atomic mass is 19.3. The van der Waals surface area contributed by atoms with Crippen LogP contribution in [0.1, 0.15) is 0 Å². The van der Waals surface area contributed by atoms with Crippen LogP contribution in [0.3, 0.4) is 0 Å². The fourth-order valence-corrected chi connectivity index (χ4v) is 0.263. The Morgan fingerprint density at radius 3 is 2.56 bits per heavy atom. The van der Waals surface area contributed by atoms with Crippen molar-refractivity contribution >= 4 is 6.41 Å². The molecule has 3 nitrogen and oxygen atoms in total. The quantitative estimate of drug-likeness (QED) is 0.506. The number of carbonyl (C=O) groups excluding carboxylic acids is 1. The van der Waals surface area contributed by atoms with E-state index in [0.29, 0.717) is 0 Å². The molecule has 0 heterocycles. The Bertz CT molecular complexity index is 96.6. The Balaban J connectivity index is 3.44. The first kappa shape index (κ1) is 8.29. The van der Waals surface area contributed by atoms with Crippen LogP contribution in [0.2, 0.25) is 0 Å². The van der Waals surface area contributed by atoms with E-state index in [1.165, 1.54) is 0 Å². The summed E-state index contributed by atoms with van der Waals surface area (Å²) < 4.78 is 24.0. The molecule has 0 radical (unpaired) electrons. The van der Waals surface area contributed by atoms with E-state index in [0.717, 1.165) is 0 Å². The predicted molar refractivity (Wildman–Crippen MR) is 28.1 cm³/mol. The number of nitrogens with one attached hydrogen (secondary N) is 1. The van der Waals surface area contributed by atoms with Gasteiger partial charge in [-0.1, -0.05) is 0 Å². The zero-order valence-electron chi connectivity index (χ0n) is 4.73. The van der Waals surface area contributed by atoms with Gasteiger partial charge in [0.1, 0.15) is 0 Å². The molecule has 0 spiro atoms. The minimum atomic E-state index is -2.97. The molecule has 0 rings (SSSR count). The van der Waals surface area contributed by atoms with Crippen LogP contribution in [-0.4, -0.2) is 25.4 Å². The van der Waals surface area contributed by atoms with E-state index in [1.54, 1.807) is 0 Å². The van der Waals surface area contributed by atoms with Crippen molar-refractivity contribution in [2.24, 2.45) is 5.73 Å². The standard InChI is InChI=1S/C4H8F2N2O/c5-4(6,1-7)2-8-3-9/h3H,1-2,7H2,(H,8,9). The first-order valence-corrected chi connectivity index (χ1v) is 2.37. The molecular weight excluding hydrogens is 130 g/mol. The van der Waals surface area contributed by atoms with Gasteiger partial charge in [0.2, 0.25) is 6.41 Å². The van der Waals surface area contributed by atoms with E-state index in [2.05, 4.69) is 5.73 Å². The summed E-state index contributed by atoms with van der Waals surface area (Å²) in [6.45, 7) is -1.43. The summed E-state index contributed by atoms with van der Waals surface area (Å²) >= 11 is 0. The van der Waals surface area contributed by atoms with Crippen molar-refractivity contribution in [2.45, 2.75) is 5.92 Å². The highest BCUT2D eigenvalue weighted by Crippen LogP contribution is 2.07. The second-order valence-corrected chi connectivity index (χ2v) is 1.56. The van der Waals surface area contributed by atoms with Crippen molar-refractivity contribution in [1.29, 1.82) is 0 Å². The molecule has 0 aliphatic rings. The van der Waals surface area contributed by atoms with Crippen LogP contribution in [-0.2, 0) is 4.79 Å². The molecule has 0 aromatic carbocycles. The molecule has 0 aromatic rings. The van der Waals surface area contributed by atoms with Crippen molar-refractivity contribution in [3.8, 4) is 0 Å². The zero-order valence-corrected chi connectivity index (χ0v) is 4.73. The number of alkyl halides is 2. The fourth-order valence-electron chi connectivity index (χ4n) is 0.263. The zero-order chi connectivity index (χ0) is 7.33. The maximum atomic E-state index is 12.0. The molecule has 9 heavy (non-hydrogen) atoms. The van der Waals surface area contributed by atoms with Gasteiger partial charge in [0.05, 0.1) is 13.1 Å². The van der Waals surface area contributed by atoms with Crippen LogP contribution in [0.5, 0.6) is 0 Å². The average Bonchev–Trinajstić information content (AvgIpc) is 1.84. The highest BCUT2D eigenvalue weighted by Gasteiger charge is 2.25. The topological polar surface area (TPSA) is 55.1 Å². The monoisotopic (exact) mass is 138 g/mol. The number of carbonyl (C=O) groups is 1. The molecule has 0 fully saturated rings. The van der Waals surface area contributed by atoms with Gasteiger partial charge in [-0.05, 0) is 0 Å². The minimum absolute atomic E-state index is 0.212. The van der Waals surface area contributed by atoms with Crippen molar-refractivity contribution < 1.29 is 13.6 Å². The lowest BCUT2D eigenvalue weighted by Crippen LogP contribution is -2.38. The van der Waals surface area contributed by atoms with Crippen molar-refractivity contribution in [2.75, 3.05) is 13.1 Å². The first-order chi connectivity index (χ1) is 4.12. The molecule has 0 atom stereocenters. The van der Waals surface area contributed by atoms with Gasteiger partial charge in [-0.2, -0.15) is 0 Å². The van der Waals surface area contributed by atoms with Gasteiger partial charge >= 0.3 is 0 Å². The number of hydrogen-bond acceptors (Lipinski definition) is 2. The van der Waals surface area contributed by atoms with Gasteiger partial charge in [0.25, 0.3) is 5.92 Å². The van der Waals surface area contributed by atoms with Gasteiger partial charge in [0.15, 0.2) is 0 Å². The third kappa shape index (κ3) is 3.84. The van der Waals surface area contributed by atoms with Crippen LogP contribution in [0.15, 0.2) is 0 Å². The molecule has 0 aromatic heterocycles. The Hall–Kier alpha value is -0.710. The molecule has 0 aliphatic heterocycles. The molecule has 0 saturated carbocycles. The van der Waals surface area contributed by atoms with E-state index < -0.39 is 19.0 Å². The van der Waals surface area contributed by atoms with E-state index in [4.69, 9.17) is 0 Å². The summed E-state index contributed by atoms with van der Waals surface area (Å²) in [4.78, 5) is 9.48. The normalized spacial score (nSPS) is 11.0. The maximum absolute atomic E-state index is 12.0. The van der Waals surface area contributed by atoms with E-state index in [9.17, 15) is 13.6 Å². The van der Waals surface area contributed by atoms with Gasteiger partial charge < -0.3 is 11.1 Å². The van der Waals surface area contributed by atoms with Crippen molar-refractivity contribution in [3.63, 3.8) is 0 Å². The SMILES string of the molecule is NCC(F)(F)CNC=O. The lowest BCUT2D eigenvalue weighted by molar-refractivity contribution is -0.111. The summed E-state index contributed by atoms with van der Waals surface area (Å²) in [7, 11) is 0. The molecule has 54 valence electrons. The Morgan fingerprint density at radius 1 is 1.67 bits per heavy atom. The summed E-state index contributed by atoms with van der Waals surface area (Å²) in [5, 5.41) is 1.83. The number of nitrogens with two attached hydrogens (primary N) is 1.